The Morgan fingerprint density at radius 1 is 0.955 bits per heavy atom. The third kappa shape index (κ3) is 2.53. The zero-order valence-electron chi connectivity index (χ0n) is 13.4. The predicted molar refractivity (Wildman–Crippen MR) is 84.0 cm³/mol. The number of hydrogen-bond acceptors (Lipinski definition) is 1. The van der Waals surface area contributed by atoms with Crippen LogP contribution in [0.4, 0.5) is 8.78 Å². The van der Waals surface area contributed by atoms with Crippen LogP contribution in [-0.4, -0.2) is 5.11 Å². The molecule has 22 heavy (non-hydrogen) atoms. The monoisotopic (exact) mass is 308 g/mol. The lowest BCUT2D eigenvalue weighted by Crippen LogP contribution is -2.44. The van der Waals surface area contributed by atoms with Crippen molar-refractivity contribution in [3.05, 3.63) is 29.3 Å². The number of fused-ring (bicyclic) bond motifs is 3. The number of aromatic hydroxyl groups is 1. The highest BCUT2D eigenvalue weighted by molar-refractivity contribution is 5.36. The molecule has 122 valence electrons. The summed E-state index contributed by atoms with van der Waals surface area (Å²) in [5.41, 5.74) is 0.748. The van der Waals surface area contributed by atoms with E-state index in [0.29, 0.717) is 11.0 Å². The van der Waals surface area contributed by atoms with Crippen LogP contribution in [0.15, 0.2) is 12.1 Å². The van der Waals surface area contributed by atoms with E-state index in [4.69, 9.17) is 0 Å². The van der Waals surface area contributed by atoms with Crippen LogP contribution < -0.4 is 0 Å². The molecule has 3 saturated carbocycles. The molecule has 1 N–H and O–H groups in total. The zero-order chi connectivity index (χ0) is 15.8. The number of benzene rings is 1. The van der Waals surface area contributed by atoms with Gasteiger partial charge in [0.15, 0.2) is 11.6 Å². The van der Waals surface area contributed by atoms with Crippen molar-refractivity contribution in [1.82, 2.24) is 0 Å². The van der Waals surface area contributed by atoms with Crippen LogP contribution in [0.3, 0.4) is 0 Å². The summed E-state index contributed by atoms with van der Waals surface area (Å²) in [4.78, 5) is 0. The second-order valence-corrected chi connectivity index (χ2v) is 7.50. The third-order valence-electron chi connectivity index (χ3n) is 6.35. The number of hydrogen-bond donors (Lipinski definition) is 1. The van der Waals surface area contributed by atoms with Crippen molar-refractivity contribution in [1.29, 1.82) is 0 Å². The first kappa shape index (κ1) is 15.8. The van der Waals surface area contributed by atoms with Gasteiger partial charge in [-0.3, -0.25) is 0 Å². The van der Waals surface area contributed by atoms with Crippen molar-refractivity contribution >= 4 is 0 Å². The molecule has 2 bridgehead atoms. The quantitative estimate of drug-likeness (QED) is 0.677. The summed E-state index contributed by atoms with van der Waals surface area (Å²) in [5, 5.41) is 9.34. The van der Waals surface area contributed by atoms with Gasteiger partial charge in [0.25, 0.3) is 0 Å². The van der Waals surface area contributed by atoms with Crippen LogP contribution in [-0.2, 0) is 5.41 Å². The predicted octanol–water partition coefficient (Wildman–Crippen LogP) is 5.84. The van der Waals surface area contributed by atoms with Crippen LogP contribution in [0, 0.1) is 17.0 Å². The van der Waals surface area contributed by atoms with E-state index in [1.54, 1.807) is 6.07 Å². The number of rotatable bonds is 5. The minimum absolute atomic E-state index is 0.203. The Morgan fingerprint density at radius 3 is 2.18 bits per heavy atom. The first-order chi connectivity index (χ1) is 10.5. The van der Waals surface area contributed by atoms with Gasteiger partial charge in [0.2, 0.25) is 5.82 Å². The Morgan fingerprint density at radius 2 is 1.59 bits per heavy atom. The molecule has 0 radical (unpaired) electrons. The van der Waals surface area contributed by atoms with E-state index in [2.05, 4.69) is 6.92 Å². The van der Waals surface area contributed by atoms with Gasteiger partial charge in [-0.15, -0.1) is 0 Å². The molecule has 0 saturated heterocycles. The van der Waals surface area contributed by atoms with Gasteiger partial charge in [0.05, 0.1) is 0 Å². The summed E-state index contributed by atoms with van der Waals surface area (Å²) >= 11 is 0. The Labute approximate surface area is 131 Å². The largest absolute Gasteiger partial charge is 0.505 e. The Balaban J connectivity index is 1.78. The molecular weight excluding hydrogens is 282 g/mol. The van der Waals surface area contributed by atoms with Gasteiger partial charge >= 0.3 is 0 Å². The summed E-state index contributed by atoms with van der Waals surface area (Å²) in [7, 11) is 0. The van der Waals surface area contributed by atoms with Crippen LogP contribution in [0.25, 0.3) is 0 Å². The summed E-state index contributed by atoms with van der Waals surface area (Å²) in [5.74, 6) is -2.50. The van der Waals surface area contributed by atoms with E-state index in [1.807, 2.05) is 0 Å². The first-order valence-corrected chi connectivity index (χ1v) is 8.69. The van der Waals surface area contributed by atoms with E-state index in [-0.39, 0.29) is 5.41 Å². The molecule has 1 aromatic carbocycles. The highest BCUT2D eigenvalue weighted by Crippen LogP contribution is 2.60. The topological polar surface area (TPSA) is 20.2 Å². The van der Waals surface area contributed by atoms with Crippen LogP contribution >= 0.6 is 0 Å². The van der Waals surface area contributed by atoms with Crippen molar-refractivity contribution in [2.24, 2.45) is 5.41 Å². The standard InChI is InChI=1S/C19H26F2O/c1-2-3-4-7-18-8-11-19(12-9-18,13-10-18)14-5-6-15(22)17(21)16(14)20/h5-6,22H,2-4,7-13H2,1H3. The highest BCUT2D eigenvalue weighted by atomic mass is 19.2. The van der Waals surface area contributed by atoms with Gasteiger partial charge in [-0.05, 0) is 67.4 Å². The Hall–Kier alpha value is -1.12. The smallest absolute Gasteiger partial charge is 0.200 e. The maximum Gasteiger partial charge on any atom is 0.200 e. The first-order valence-electron chi connectivity index (χ1n) is 8.69. The molecule has 0 heterocycles. The number of unbranched alkanes of at least 4 members (excludes halogenated alkanes) is 2. The molecule has 1 nitrogen and oxygen atoms in total. The van der Waals surface area contributed by atoms with Gasteiger partial charge < -0.3 is 5.11 Å². The average Bonchev–Trinajstić information content (AvgIpc) is 2.55. The van der Waals surface area contributed by atoms with Gasteiger partial charge in [-0.2, -0.15) is 4.39 Å². The third-order valence-corrected chi connectivity index (χ3v) is 6.35. The number of phenols is 1. The lowest BCUT2D eigenvalue weighted by Gasteiger charge is -2.54. The molecule has 0 aliphatic heterocycles. The fourth-order valence-corrected chi connectivity index (χ4v) is 4.74. The van der Waals surface area contributed by atoms with Gasteiger partial charge in [-0.25, -0.2) is 4.39 Å². The van der Waals surface area contributed by atoms with Crippen LogP contribution in [0.1, 0.15) is 76.7 Å². The average molecular weight is 308 g/mol. The molecule has 3 aliphatic rings. The van der Waals surface area contributed by atoms with E-state index in [9.17, 15) is 13.9 Å². The molecule has 0 spiro atoms. The summed E-state index contributed by atoms with van der Waals surface area (Å²) in [6.45, 7) is 2.23. The highest BCUT2D eigenvalue weighted by Gasteiger charge is 2.50. The zero-order valence-corrected chi connectivity index (χ0v) is 13.4. The summed E-state index contributed by atoms with van der Waals surface area (Å²) in [6, 6.07) is 2.91. The van der Waals surface area contributed by atoms with E-state index in [0.717, 1.165) is 38.5 Å². The number of phenolic OH excluding ortho intramolecular Hbond substituents is 1. The van der Waals surface area contributed by atoms with E-state index >= 15 is 0 Å². The van der Waals surface area contributed by atoms with Crippen molar-refractivity contribution < 1.29 is 13.9 Å². The lowest BCUT2D eigenvalue weighted by molar-refractivity contribution is 0.0285. The summed E-state index contributed by atoms with van der Waals surface area (Å²) < 4.78 is 28.0. The van der Waals surface area contributed by atoms with Crippen molar-refractivity contribution in [3.8, 4) is 5.75 Å². The normalized spacial score (nSPS) is 30.7. The Bertz CT molecular complexity index is 528. The van der Waals surface area contributed by atoms with E-state index < -0.39 is 17.4 Å². The van der Waals surface area contributed by atoms with E-state index in [1.165, 1.54) is 31.7 Å². The van der Waals surface area contributed by atoms with Crippen molar-refractivity contribution in [2.75, 3.05) is 0 Å². The maximum atomic E-state index is 14.3. The fourth-order valence-electron chi connectivity index (χ4n) is 4.74. The minimum Gasteiger partial charge on any atom is -0.505 e. The molecule has 3 heteroatoms. The fraction of sp³-hybridized carbons (Fsp3) is 0.684. The lowest BCUT2D eigenvalue weighted by atomic mass is 9.51. The Kier molecular flexibility index (Phi) is 4.17. The molecular formula is C19H26F2O. The second kappa shape index (κ2) is 5.82. The van der Waals surface area contributed by atoms with Gasteiger partial charge in [0, 0.05) is 0 Å². The minimum atomic E-state index is -1.09. The molecule has 1 aromatic rings. The summed E-state index contributed by atoms with van der Waals surface area (Å²) in [6.07, 6.45) is 11.4. The van der Waals surface area contributed by atoms with Crippen LogP contribution in [0.2, 0.25) is 0 Å². The van der Waals surface area contributed by atoms with Crippen LogP contribution in [0.5, 0.6) is 5.75 Å². The molecule has 0 amide bonds. The maximum absolute atomic E-state index is 14.3. The van der Waals surface area contributed by atoms with Gasteiger partial charge in [0.1, 0.15) is 0 Å². The van der Waals surface area contributed by atoms with Gasteiger partial charge in [-0.1, -0.05) is 32.3 Å². The van der Waals surface area contributed by atoms with Crippen molar-refractivity contribution in [3.63, 3.8) is 0 Å². The molecule has 0 aromatic heterocycles. The number of halogens is 2. The molecule has 4 rings (SSSR count). The molecule has 3 fully saturated rings. The molecule has 3 aliphatic carbocycles. The second-order valence-electron chi connectivity index (χ2n) is 7.50. The molecule has 0 atom stereocenters. The molecule has 0 unspecified atom stereocenters. The van der Waals surface area contributed by atoms with Crippen molar-refractivity contribution in [2.45, 2.75) is 76.5 Å². The SMILES string of the molecule is CCCCCC12CCC(c3ccc(O)c(F)c3F)(CC1)CC2.